The molecule has 0 aromatic carbocycles. The first kappa shape index (κ1) is 8.52. The van der Waals surface area contributed by atoms with Crippen LogP contribution in [0.15, 0.2) is 0 Å². The standard InChI is InChI=1S/C10H18O2/c1-6-7-4-5-10(2,3)8(6)9(11)12-7/h6-9,11H,4-5H2,1-3H3. The Hall–Kier alpha value is -0.0800. The van der Waals surface area contributed by atoms with Crippen molar-refractivity contribution in [3.05, 3.63) is 0 Å². The van der Waals surface area contributed by atoms with Crippen LogP contribution in [0.1, 0.15) is 33.6 Å². The quantitative estimate of drug-likeness (QED) is 0.600. The molecule has 2 heteroatoms. The van der Waals surface area contributed by atoms with Gasteiger partial charge in [0.15, 0.2) is 6.29 Å². The molecule has 0 aromatic rings. The third-order valence-corrected chi connectivity index (χ3v) is 3.75. The minimum absolute atomic E-state index is 0.256. The lowest BCUT2D eigenvalue weighted by Gasteiger charge is -2.39. The van der Waals surface area contributed by atoms with Gasteiger partial charge in [0.25, 0.3) is 0 Å². The van der Waals surface area contributed by atoms with Crippen molar-refractivity contribution in [3.63, 3.8) is 0 Å². The summed E-state index contributed by atoms with van der Waals surface area (Å²) in [5.41, 5.74) is 0.256. The van der Waals surface area contributed by atoms with Crippen molar-refractivity contribution in [2.24, 2.45) is 17.3 Å². The van der Waals surface area contributed by atoms with Gasteiger partial charge in [-0.3, -0.25) is 0 Å². The molecule has 1 heterocycles. The maximum Gasteiger partial charge on any atom is 0.158 e. The Morgan fingerprint density at radius 2 is 2.08 bits per heavy atom. The number of hydrogen-bond donors (Lipinski definition) is 1. The fourth-order valence-electron chi connectivity index (χ4n) is 2.99. The van der Waals surface area contributed by atoms with Gasteiger partial charge in [-0.15, -0.1) is 0 Å². The summed E-state index contributed by atoms with van der Waals surface area (Å²) in [6.45, 7) is 6.68. The molecule has 0 radical (unpaired) electrons. The zero-order valence-electron chi connectivity index (χ0n) is 8.08. The van der Waals surface area contributed by atoms with Crippen LogP contribution in [0.2, 0.25) is 0 Å². The molecule has 2 aliphatic rings. The van der Waals surface area contributed by atoms with E-state index in [0.717, 1.165) is 6.42 Å². The molecule has 12 heavy (non-hydrogen) atoms. The Balaban J connectivity index is 2.26. The summed E-state index contributed by atoms with van der Waals surface area (Å²) < 4.78 is 5.49. The fourth-order valence-corrected chi connectivity index (χ4v) is 2.99. The van der Waals surface area contributed by atoms with Crippen molar-refractivity contribution in [3.8, 4) is 0 Å². The van der Waals surface area contributed by atoms with Crippen LogP contribution < -0.4 is 0 Å². The molecule has 0 aromatic heterocycles. The molecule has 0 spiro atoms. The predicted octanol–water partition coefficient (Wildman–Crippen LogP) is 1.78. The lowest BCUT2D eigenvalue weighted by molar-refractivity contribution is -0.111. The first-order chi connectivity index (χ1) is 5.52. The van der Waals surface area contributed by atoms with E-state index in [2.05, 4.69) is 20.8 Å². The largest absolute Gasteiger partial charge is 0.368 e. The molecule has 2 nitrogen and oxygen atoms in total. The van der Waals surface area contributed by atoms with Crippen molar-refractivity contribution in [1.82, 2.24) is 0 Å². The van der Waals surface area contributed by atoms with Gasteiger partial charge in [0.05, 0.1) is 6.10 Å². The molecule has 70 valence electrons. The highest BCUT2D eigenvalue weighted by atomic mass is 16.6. The molecule has 1 aliphatic carbocycles. The lowest BCUT2D eigenvalue weighted by atomic mass is 9.64. The number of ether oxygens (including phenoxy) is 1. The second-order valence-corrected chi connectivity index (χ2v) is 4.98. The van der Waals surface area contributed by atoms with Gasteiger partial charge < -0.3 is 9.84 Å². The Labute approximate surface area is 73.9 Å². The molecule has 1 saturated heterocycles. The van der Waals surface area contributed by atoms with Crippen LogP contribution in [0, 0.1) is 17.3 Å². The van der Waals surface area contributed by atoms with Crippen LogP contribution in [-0.4, -0.2) is 17.5 Å². The third-order valence-electron chi connectivity index (χ3n) is 3.75. The number of hydrogen-bond acceptors (Lipinski definition) is 2. The summed E-state index contributed by atoms with van der Waals surface area (Å²) in [6.07, 6.45) is 2.10. The van der Waals surface area contributed by atoms with Crippen molar-refractivity contribution >= 4 is 0 Å². The molecule has 2 rings (SSSR count). The number of rotatable bonds is 0. The van der Waals surface area contributed by atoms with Gasteiger partial charge in [-0.2, -0.15) is 0 Å². The lowest BCUT2D eigenvalue weighted by Crippen LogP contribution is -2.38. The Bertz CT molecular complexity index is 188. The van der Waals surface area contributed by atoms with E-state index in [1.54, 1.807) is 0 Å². The fraction of sp³-hybridized carbons (Fsp3) is 1.00. The molecule has 2 bridgehead atoms. The smallest absolute Gasteiger partial charge is 0.158 e. The van der Waals surface area contributed by atoms with Gasteiger partial charge in [0, 0.05) is 5.92 Å². The van der Waals surface area contributed by atoms with Gasteiger partial charge in [-0.1, -0.05) is 20.8 Å². The summed E-state index contributed by atoms with van der Waals surface area (Å²) >= 11 is 0. The molecule has 2 fully saturated rings. The summed E-state index contributed by atoms with van der Waals surface area (Å²) in [7, 11) is 0. The van der Waals surface area contributed by atoms with Crippen molar-refractivity contribution in [2.75, 3.05) is 0 Å². The molecule has 1 aliphatic heterocycles. The second-order valence-electron chi connectivity index (χ2n) is 4.98. The van der Waals surface area contributed by atoms with E-state index in [-0.39, 0.29) is 5.41 Å². The molecule has 4 unspecified atom stereocenters. The maximum absolute atomic E-state index is 9.68. The highest BCUT2D eigenvalue weighted by molar-refractivity contribution is 4.96. The average molecular weight is 170 g/mol. The highest BCUT2D eigenvalue weighted by Crippen LogP contribution is 2.51. The minimum atomic E-state index is -0.512. The van der Waals surface area contributed by atoms with Gasteiger partial charge >= 0.3 is 0 Å². The van der Waals surface area contributed by atoms with Gasteiger partial charge in [-0.05, 0) is 24.2 Å². The zero-order chi connectivity index (χ0) is 8.93. The SMILES string of the molecule is CC1C2CCC(C)(C)C1C(O)O2. The topological polar surface area (TPSA) is 29.5 Å². The van der Waals surface area contributed by atoms with Gasteiger partial charge in [-0.25, -0.2) is 0 Å². The van der Waals surface area contributed by atoms with E-state index < -0.39 is 6.29 Å². The summed E-state index contributed by atoms with van der Waals surface area (Å²) in [5.74, 6) is 0.875. The van der Waals surface area contributed by atoms with Gasteiger partial charge in [0.2, 0.25) is 0 Å². The summed E-state index contributed by atoms with van der Waals surface area (Å²) in [6, 6.07) is 0. The van der Waals surface area contributed by atoms with Crippen LogP contribution in [0.4, 0.5) is 0 Å². The van der Waals surface area contributed by atoms with E-state index in [1.165, 1.54) is 6.42 Å². The first-order valence-corrected chi connectivity index (χ1v) is 4.86. The van der Waals surface area contributed by atoms with Crippen LogP contribution in [0.3, 0.4) is 0 Å². The second kappa shape index (κ2) is 2.46. The molecule has 4 atom stereocenters. The number of aliphatic hydroxyl groups is 1. The van der Waals surface area contributed by atoms with Crippen molar-refractivity contribution in [1.29, 1.82) is 0 Å². The van der Waals surface area contributed by atoms with Crippen LogP contribution in [0.25, 0.3) is 0 Å². The maximum atomic E-state index is 9.68. The van der Waals surface area contributed by atoms with Gasteiger partial charge in [0.1, 0.15) is 0 Å². The van der Waals surface area contributed by atoms with Crippen molar-refractivity contribution < 1.29 is 9.84 Å². The Morgan fingerprint density at radius 1 is 1.42 bits per heavy atom. The molecule has 1 saturated carbocycles. The van der Waals surface area contributed by atoms with E-state index in [9.17, 15) is 5.11 Å². The average Bonchev–Trinajstić information content (AvgIpc) is 2.15. The summed E-state index contributed by atoms with van der Waals surface area (Å²) in [5, 5.41) is 9.68. The molecule has 1 N–H and O–H groups in total. The minimum Gasteiger partial charge on any atom is -0.368 e. The third kappa shape index (κ3) is 1.01. The van der Waals surface area contributed by atoms with Crippen LogP contribution in [0.5, 0.6) is 0 Å². The van der Waals surface area contributed by atoms with Crippen LogP contribution in [-0.2, 0) is 4.74 Å². The van der Waals surface area contributed by atoms with Crippen molar-refractivity contribution in [2.45, 2.75) is 46.0 Å². The van der Waals surface area contributed by atoms with E-state index in [0.29, 0.717) is 17.9 Å². The molecule has 0 amide bonds. The number of aliphatic hydroxyl groups excluding tert-OH is 1. The molecular formula is C10H18O2. The zero-order valence-corrected chi connectivity index (χ0v) is 8.08. The monoisotopic (exact) mass is 170 g/mol. The van der Waals surface area contributed by atoms with E-state index >= 15 is 0 Å². The number of fused-ring (bicyclic) bond motifs is 2. The summed E-state index contributed by atoms with van der Waals surface area (Å²) in [4.78, 5) is 0. The molecular weight excluding hydrogens is 152 g/mol. The first-order valence-electron chi connectivity index (χ1n) is 4.86. The highest BCUT2D eigenvalue weighted by Gasteiger charge is 2.52. The normalized spacial score (nSPS) is 51.0. The van der Waals surface area contributed by atoms with Crippen LogP contribution >= 0.6 is 0 Å². The van der Waals surface area contributed by atoms with E-state index in [1.807, 2.05) is 0 Å². The Morgan fingerprint density at radius 3 is 2.67 bits per heavy atom. The van der Waals surface area contributed by atoms with E-state index in [4.69, 9.17) is 4.74 Å². The Kier molecular flexibility index (Phi) is 1.74. The predicted molar refractivity (Wildman–Crippen MR) is 46.5 cm³/mol.